The van der Waals surface area contributed by atoms with Gasteiger partial charge in [-0.1, -0.05) is 60.7 Å². The molecule has 19 heavy (non-hydrogen) atoms. The quantitative estimate of drug-likeness (QED) is 0.716. The third-order valence-electron chi connectivity index (χ3n) is 3.38. The maximum Gasteiger partial charge on any atom is 0.0340 e. The molecule has 0 amide bonds. The van der Waals surface area contributed by atoms with Gasteiger partial charge in [0, 0.05) is 12.2 Å². The fourth-order valence-corrected chi connectivity index (χ4v) is 2.41. The molecule has 0 unspecified atom stereocenters. The van der Waals surface area contributed by atoms with Crippen molar-refractivity contribution in [1.29, 1.82) is 0 Å². The molecule has 0 spiro atoms. The second kappa shape index (κ2) is 5.57. The number of benzene rings is 3. The first kappa shape index (κ1) is 11.8. The van der Waals surface area contributed by atoms with Gasteiger partial charge in [0.25, 0.3) is 0 Å². The predicted octanol–water partition coefficient (Wildman–Crippen LogP) is 4.49. The Morgan fingerprint density at radius 1 is 0.684 bits per heavy atom. The van der Waals surface area contributed by atoms with Crippen molar-refractivity contribution in [2.45, 2.75) is 6.42 Å². The van der Waals surface area contributed by atoms with E-state index in [0.29, 0.717) is 0 Å². The van der Waals surface area contributed by atoms with Crippen molar-refractivity contribution < 1.29 is 0 Å². The Kier molecular flexibility index (Phi) is 3.46. The van der Waals surface area contributed by atoms with Crippen LogP contribution in [0.25, 0.3) is 10.8 Å². The Labute approximate surface area is 113 Å². The van der Waals surface area contributed by atoms with E-state index in [1.807, 2.05) is 6.07 Å². The van der Waals surface area contributed by atoms with Crippen LogP contribution in [0.1, 0.15) is 5.56 Å². The molecule has 0 radical (unpaired) electrons. The summed E-state index contributed by atoms with van der Waals surface area (Å²) in [5.41, 5.74) is 2.59. The van der Waals surface area contributed by atoms with Gasteiger partial charge >= 0.3 is 0 Å². The number of nitrogens with one attached hydrogen (secondary N) is 1. The van der Waals surface area contributed by atoms with Gasteiger partial charge in [0.15, 0.2) is 0 Å². The molecule has 3 rings (SSSR count). The van der Waals surface area contributed by atoms with Gasteiger partial charge < -0.3 is 5.32 Å². The standard InChI is InChI=1S/C18H17N/c1-2-10-17(11-3-1)19-14-13-16-9-6-8-15-7-4-5-12-18(15)16/h1-12,19H,13-14H2. The van der Waals surface area contributed by atoms with Gasteiger partial charge in [-0.15, -0.1) is 0 Å². The van der Waals surface area contributed by atoms with Crippen molar-refractivity contribution in [3.8, 4) is 0 Å². The number of hydrogen-bond acceptors (Lipinski definition) is 1. The number of anilines is 1. The van der Waals surface area contributed by atoms with Gasteiger partial charge in [-0.3, -0.25) is 0 Å². The minimum absolute atomic E-state index is 0.956. The molecular formula is C18H17N. The summed E-state index contributed by atoms with van der Waals surface area (Å²) >= 11 is 0. The largest absolute Gasteiger partial charge is 0.385 e. The summed E-state index contributed by atoms with van der Waals surface area (Å²) in [7, 11) is 0. The highest BCUT2D eigenvalue weighted by molar-refractivity contribution is 5.85. The van der Waals surface area contributed by atoms with Crippen molar-refractivity contribution in [2.24, 2.45) is 0 Å². The summed E-state index contributed by atoms with van der Waals surface area (Å²) in [5, 5.41) is 6.14. The van der Waals surface area contributed by atoms with E-state index >= 15 is 0 Å². The first-order valence-electron chi connectivity index (χ1n) is 6.69. The summed E-state index contributed by atoms with van der Waals surface area (Å²) < 4.78 is 0. The lowest BCUT2D eigenvalue weighted by molar-refractivity contribution is 1.03. The fraction of sp³-hybridized carbons (Fsp3) is 0.111. The van der Waals surface area contributed by atoms with Crippen molar-refractivity contribution in [1.82, 2.24) is 0 Å². The average molecular weight is 247 g/mol. The Bertz CT molecular complexity index is 653. The van der Waals surface area contributed by atoms with Crippen LogP contribution in [-0.4, -0.2) is 6.54 Å². The molecule has 0 aliphatic heterocycles. The molecule has 1 nitrogen and oxygen atoms in total. The maximum atomic E-state index is 3.46. The Morgan fingerprint density at radius 2 is 1.42 bits per heavy atom. The molecule has 0 fully saturated rings. The van der Waals surface area contributed by atoms with Gasteiger partial charge in [-0.25, -0.2) is 0 Å². The molecule has 3 aromatic carbocycles. The molecule has 0 aromatic heterocycles. The first-order valence-corrected chi connectivity index (χ1v) is 6.69. The van der Waals surface area contributed by atoms with E-state index in [1.165, 1.54) is 22.0 Å². The maximum absolute atomic E-state index is 3.46. The van der Waals surface area contributed by atoms with E-state index in [-0.39, 0.29) is 0 Å². The molecule has 0 aliphatic carbocycles. The SMILES string of the molecule is c1ccc(NCCc2cccc3ccccc23)cc1. The minimum Gasteiger partial charge on any atom is -0.385 e. The zero-order valence-electron chi connectivity index (χ0n) is 10.8. The zero-order chi connectivity index (χ0) is 12.9. The molecule has 3 aromatic rings. The topological polar surface area (TPSA) is 12.0 Å². The van der Waals surface area contributed by atoms with Gasteiger partial charge in [-0.2, -0.15) is 0 Å². The molecule has 0 bridgehead atoms. The lowest BCUT2D eigenvalue weighted by Crippen LogP contribution is -2.04. The number of hydrogen-bond donors (Lipinski definition) is 1. The normalized spacial score (nSPS) is 10.5. The predicted molar refractivity (Wildman–Crippen MR) is 82.6 cm³/mol. The Hall–Kier alpha value is -2.28. The van der Waals surface area contributed by atoms with Gasteiger partial charge in [-0.05, 0) is 34.9 Å². The van der Waals surface area contributed by atoms with Crippen LogP contribution < -0.4 is 5.32 Å². The number of rotatable bonds is 4. The van der Waals surface area contributed by atoms with Crippen molar-refractivity contribution in [2.75, 3.05) is 11.9 Å². The highest BCUT2D eigenvalue weighted by atomic mass is 14.9. The number of para-hydroxylation sites is 1. The molecule has 0 saturated heterocycles. The lowest BCUT2D eigenvalue weighted by Gasteiger charge is -2.08. The fourth-order valence-electron chi connectivity index (χ4n) is 2.41. The molecule has 0 saturated carbocycles. The van der Waals surface area contributed by atoms with Crippen LogP contribution in [0.4, 0.5) is 5.69 Å². The second-order valence-electron chi connectivity index (χ2n) is 4.68. The van der Waals surface area contributed by atoms with Crippen LogP contribution >= 0.6 is 0 Å². The highest BCUT2D eigenvalue weighted by Crippen LogP contribution is 2.19. The third kappa shape index (κ3) is 2.76. The molecule has 94 valence electrons. The second-order valence-corrected chi connectivity index (χ2v) is 4.68. The summed E-state index contributed by atoms with van der Waals surface area (Å²) in [6.45, 7) is 0.956. The minimum atomic E-state index is 0.956. The molecular weight excluding hydrogens is 230 g/mol. The van der Waals surface area contributed by atoms with Crippen LogP contribution in [0.5, 0.6) is 0 Å². The van der Waals surface area contributed by atoms with Crippen molar-refractivity contribution >= 4 is 16.5 Å². The third-order valence-corrected chi connectivity index (χ3v) is 3.38. The summed E-state index contributed by atoms with van der Waals surface area (Å²) in [4.78, 5) is 0. The van der Waals surface area contributed by atoms with Gasteiger partial charge in [0.2, 0.25) is 0 Å². The Morgan fingerprint density at radius 3 is 2.32 bits per heavy atom. The van der Waals surface area contributed by atoms with E-state index in [1.54, 1.807) is 0 Å². The van der Waals surface area contributed by atoms with Crippen molar-refractivity contribution in [3.63, 3.8) is 0 Å². The van der Waals surface area contributed by atoms with Gasteiger partial charge in [0.05, 0.1) is 0 Å². The van der Waals surface area contributed by atoms with E-state index in [0.717, 1.165) is 13.0 Å². The zero-order valence-corrected chi connectivity index (χ0v) is 10.8. The van der Waals surface area contributed by atoms with Crippen LogP contribution in [0, 0.1) is 0 Å². The molecule has 1 N–H and O–H groups in total. The van der Waals surface area contributed by atoms with E-state index < -0.39 is 0 Å². The molecule has 0 aliphatic rings. The highest BCUT2D eigenvalue weighted by Gasteiger charge is 1.99. The van der Waals surface area contributed by atoms with Crippen LogP contribution in [0.3, 0.4) is 0 Å². The number of fused-ring (bicyclic) bond motifs is 1. The lowest BCUT2D eigenvalue weighted by atomic mass is 10.0. The molecule has 0 heterocycles. The smallest absolute Gasteiger partial charge is 0.0340 e. The van der Waals surface area contributed by atoms with E-state index in [4.69, 9.17) is 0 Å². The Balaban J connectivity index is 1.72. The summed E-state index contributed by atoms with van der Waals surface area (Å²) in [6, 6.07) is 25.4. The summed E-state index contributed by atoms with van der Waals surface area (Å²) in [5.74, 6) is 0. The monoisotopic (exact) mass is 247 g/mol. The van der Waals surface area contributed by atoms with Gasteiger partial charge in [0.1, 0.15) is 0 Å². The van der Waals surface area contributed by atoms with E-state index in [9.17, 15) is 0 Å². The van der Waals surface area contributed by atoms with E-state index in [2.05, 4.69) is 72.0 Å². The van der Waals surface area contributed by atoms with Crippen LogP contribution in [0.15, 0.2) is 72.8 Å². The average Bonchev–Trinajstić information content (AvgIpc) is 2.49. The summed E-state index contributed by atoms with van der Waals surface area (Å²) in [6.07, 6.45) is 1.04. The molecule has 1 heteroatoms. The molecule has 0 atom stereocenters. The first-order chi connectivity index (χ1) is 9.43. The van der Waals surface area contributed by atoms with Crippen LogP contribution in [-0.2, 0) is 6.42 Å². The van der Waals surface area contributed by atoms with Crippen molar-refractivity contribution in [3.05, 3.63) is 78.4 Å². The van der Waals surface area contributed by atoms with Crippen LogP contribution in [0.2, 0.25) is 0 Å².